The SMILES string of the molecule is O=C(O)CC(=O)N1CCN(Cc2ccco2)CC1. The highest BCUT2D eigenvalue weighted by Crippen LogP contribution is 2.09. The molecule has 0 bridgehead atoms. The molecule has 0 spiro atoms. The number of carboxylic acids is 1. The van der Waals surface area contributed by atoms with E-state index in [1.807, 2.05) is 12.1 Å². The first kappa shape index (κ1) is 12.6. The van der Waals surface area contributed by atoms with Gasteiger partial charge in [-0.1, -0.05) is 0 Å². The van der Waals surface area contributed by atoms with Gasteiger partial charge in [-0.25, -0.2) is 0 Å². The zero-order chi connectivity index (χ0) is 13.0. The summed E-state index contributed by atoms with van der Waals surface area (Å²) in [5, 5.41) is 8.57. The molecule has 1 aromatic rings. The molecule has 6 heteroatoms. The van der Waals surface area contributed by atoms with E-state index in [2.05, 4.69) is 4.90 Å². The molecule has 0 aromatic carbocycles. The normalized spacial score (nSPS) is 16.8. The Hall–Kier alpha value is -1.82. The predicted octanol–water partition coefficient (Wildman–Crippen LogP) is 0.398. The Morgan fingerprint density at radius 1 is 1.28 bits per heavy atom. The van der Waals surface area contributed by atoms with Crippen molar-refractivity contribution in [3.8, 4) is 0 Å². The van der Waals surface area contributed by atoms with Crippen LogP contribution >= 0.6 is 0 Å². The lowest BCUT2D eigenvalue weighted by Crippen LogP contribution is -2.48. The van der Waals surface area contributed by atoms with Crippen LogP contribution in [0.4, 0.5) is 0 Å². The van der Waals surface area contributed by atoms with Crippen molar-refractivity contribution in [3.05, 3.63) is 24.2 Å². The summed E-state index contributed by atoms with van der Waals surface area (Å²) in [5.74, 6) is -0.474. The molecule has 0 unspecified atom stereocenters. The van der Waals surface area contributed by atoms with E-state index in [-0.39, 0.29) is 5.91 Å². The Bertz CT molecular complexity index is 408. The highest BCUT2D eigenvalue weighted by Gasteiger charge is 2.22. The highest BCUT2D eigenvalue weighted by molar-refractivity contribution is 5.93. The predicted molar refractivity (Wildman–Crippen MR) is 62.8 cm³/mol. The van der Waals surface area contributed by atoms with Crippen molar-refractivity contribution in [1.29, 1.82) is 0 Å². The molecule has 1 saturated heterocycles. The Morgan fingerprint density at radius 3 is 2.56 bits per heavy atom. The summed E-state index contributed by atoms with van der Waals surface area (Å²) in [5.41, 5.74) is 0. The average molecular weight is 252 g/mol. The zero-order valence-electron chi connectivity index (χ0n) is 10.0. The molecule has 1 aliphatic rings. The monoisotopic (exact) mass is 252 g/mol. The minimum Gasteiger partial charge on any atom is -0.481 e. The van der Waals surface area contributed by atoms with Gasteiger partial charge in [0.15, 0.2) is 0 Å². The largest absolute Gasteiger partial charge is 0.481 e. The van der Waals surface area contributed by atoms with Crippen molar-refractivity contribution in [1.82, 2.24) is 9.80 Å². The lowest BCUT2D eigenvalue weighted by Gasteiger charge is -2.34. The van der Waals surface area contributed by atoms with Crippen molar-refractivity contribution >= 4 is 11.9 Å². The van der Waals surface area contributed by atoms with Gasteiger partial charge in [0.25, 0.3) is 0 Å². The van der Waals surface area contributed by atoms with Gasteiger partial charge in [0.2, 0.25) is 5.91 Å². The Morgan fingerprint density at radius 2 is 2.00 bits per heavy atom. The number of furan rings is 1. The molecular weight excluding hydrogens is 236 g/mol. The van der Waals surface area contributed by atoms with Gasteiger partial charge in [-0.2, -0.15) is 0 Å². The molecule has 2 heterocycles. The topological polar surface area (TPSA) is 74.0 Å². The molecule has 0 saturated carbocycles. The standard InChI is InChI=1S/C12H16N2O4/c15-11(8-12(16)17)14-5-3-13(4-6-14)9-10-2-1-7-18-10/h1-2,7H,3-6,8-9H2,(H,16,17). The van der Waals surface area contributed by atoms with Crippen LogP contribution in [0.5, 0.6) is 0 Å². The first-order valence-electron chi connectivity index (χ1n) is 5.89. The fourth-order valence-electron chi connectivity index (χ4n) is 2.02. The van der Waals surface area contributed by atoms with Gasteiger partial charge >= 0.3 is 5.97 Å². The quantitative estimate of drug-likeness (QED) is 0.785. The fraction of sp³-hybridized carbons (Fsp3) is 0.500. The van der Waals surface area contributed by atoms with Crippen LogP contribution in [0.3, 0.4) is 0 Å². The zero-order valence-corrected chi connectivity index (χ0v) is 10.0. The van der Waals surface area contributed by atoms with Crippen LogP contribution < -0.4 is 0 Å². The van der Waals surface area contributed by atoms with E-state index in [1.54, 1.807) is 11.2 Å². The minimum atomic E-state index is -1.07. The summed E-state index contributed by atoms with van der Waals surface area (Å²) in [7, 11) is 0. The number of carboxylic acid groups (broad SMARTS) is 1. The third-order valence-electron chi connectivity index (χ3n) is 2.99. The van der Waals surface area contributed by atoms with Crippen LogP contribution in [0.25, 0.3) is 0 Å². The number of hydrogen-bond donors (Lipinski definition) is 1. The van der Waals surface area contributed by atoms with E-state index >= 15 is 0 Å². The summed E-state index contributed by atoms with van der Waals surface area (Å²) in [6.45, 7) is 3.37. The maximum absolute atomic E-state index is 11.5. The molecule has 1 N–H and O–H groups in total. The number of amides is 1. The second kappa shape index (κ2) is 5.68. The molecule has 0 atom stereocenters. The van der Waals surface area contributed by atoms with Gasteiger partial charge in [0.1, 0.15) is 12.2 Å². The molecule has 18 heavy (non-hydrogen) atoms. The van der Waals surface area contributed by atoms with Crippen LogP contribution in [0.1, 0.15) is 12.2 Å². The average Bonchev–Trinajstić information content (AvgIpc) is 2.82. The van der Waals surface area contributed by atoms with Crippen molar-refractivity contribution in [2.45, 2.75) is 13.0 Å². The molecule has 98 valence electrons. The van der Waals surface area contributed by atoms with Crippen LogP contribution in [0.2, 0.25) is 0 Å². The van der Waals surface area contributed by atoms with Crippen LogP contribution in [-0.4, -0.2) is 53.0 Å². The maximum atomic E-state index is 11.5. The van der Waals surface area contributed by atoms with E-state index in [1.165, 1.54) is 0 Å². The molecule has 1 aromatic heterocycles. The number of nitrogens with zero attached hydrogens (tertiary/aromatic N) is 2. The van der Waals surface area contributed by atoms with Crippen LogP contribution in [0, 0.1) is 0 Å². The molecule has 1 amide bonds. The molecular formula is C12H16N2O4. The van der Waals surface area contributed by atoms with Gasteiger partial charge in [-0.3, -0.25) is 14.5 Å². The Balaban J connectivity index is 1.77. The third-order valence-corrected chi connectivity index (χ3v) is 2.99. The van der Waals surface area contributed by atoms with E-state index < -0.39 is 12.4 Å². The summed E-state index contributed by atoms with van der Waals surface area (Å²) in [6, 6.07) is 3.77. The van der Waals surface area contributed by atoms with Crippen LogP contribution in [-0.2, 0) is 16.1 Å². The molecule has 1 fully saturated rings. The van der Waals surface area contributed by atoms with E-state index in [4.69, 9.17) is 9.52 Å². The first-order chi connectivity index (χ1) is 8.65. The van der Waals surface area contributed by atoms with Crippen molar-refractivity contribution in [2.24, 2.45) is 0 Å². The Kier molecular flexibility index (Phi) is 3.99. The molecule has 2 rings (SSSR count). The number of piperazine rings is 1. The van der Waals surface area contributed by atoms with Gasteiger partial charge < -0.3 is 14.4 Å². The van der Waals surface area contributed by atoms with Crippen LogP contribution in [0.15, 0.2) is 22.8 Å². The number of carbonyl (C=O) groups excluding carboxylic acids is 1. The summed E-state index contributed by atoms with van der Waals surface area (Å²) in [6.07, 6.45) is 1.22. The molecule has 0 radical (unpaired) electrons. The van der Waals surface area contributed by atoms with E-state index in [0.717, 1.165) is 25.4 Å². The highest BCUT2D eigenvalue weighted by atomic mass is 16.4. The Labute approximate surface area is 105 Å². The fourth-order valence-corrected chi connectivity index (χ4v) is 2.02. The lowest BCUT2D eigenvalue weighted by molar-refractivity contribution is -0.145. The van der Waals surface area contributed by atoms with Crippen molar-refractivity contribution in [3.63, 3.8) is 0 Å². The number of carbonyl (C=O) groups is 2. The van der Waals surface area contributed by atoms with E-state index in [9.17, 15) is 9.59 Å². The summed E-state index contributed by atoms with van der Waals surface area (Å²) >= 11 is 0. The first-order valence-corrected chi connectivity index (χ1v) is 5.89. The number of hydrogen-bond acceptors (Lipinski definition) is 4. The number of aliphatic carboxylic acids is 1. The maximum Gasteiger partial charge on any atom is 0.312 e. The van der Waals surface area contributed by atoms with E-state index in [0.29, 0.717) is 13.1 Å². The van der Waals surface area contributed by atoms with Gasteiger partial charge in [-0.05, 0) is 12.1 Å². The van der Waals surface area contributed by atoms with Gasteiger partial charge in [0.05, 0.1) is 12.8 Å². The molecule has 6 nitrogen and oxygen atoms in total. The molecule has 0 aliphatic carbocycles. The third kappa shape index (κ3) is 3.33. The minimum absolute atomic E-state index is 0.305. The summed E-state index contributed by atoms with van der Waals surface area (Å²) < 4.78 is 5.26. The van der Waals surface area contributed by atoms with Crippen molar-refractivity contribution < 1.29 is 19.1 Å². The smallest absolute Gasteiger partial charge is 0.312 e. The van der Waals surface area contributed by atoms with Crippen molar-refractivity contribution in [2.75, 3.05) is 26.2 Å². The van der Waals surface area contributed by atoms with Gasteiger partial charge in [-0.15, -0.1) is 0 Å². The summed E-state index contributed by atoms with van der Waals surface area (Å²) in [4.78, 5) is 25.8. The second-order valence-corrected chi connectivity index (χ2v) is 4.31. The van der Waals surface area contributed by atoms with Gasteiger partial charge in [0, 0.05) is 26.2 Å². The lowest BCUT2D eigenvalue weighted by atomic mass is 10.2. The second-order valence-electron chi connectivity index (χ2n) is 4.31. The molecule has 1 aliphatic heterocycles. The number of rotatable bonds is 4.